The minimum Gasteiger partial charge on any atom is -0.407 e. The van der Waals surface area contributed by atoms with Crippen molar-refractivity contribution in [3.05, 3.63) is 17.6 Å². The number of aryl methyl sites for hydroxylation is 1. The van der Waals surface area contributed by atoms with Gasteiger partial charge < -0.3 is 20.0 Å². The lowest BCUT2D eigenvalue weighted by Gasteiger charge is -1.93. The summed E-state index contributed by atoms with van der Waals surface area (Å²) in [6.45, 7) is 2.30. The van der Waals surface area contributed by atoms with E-state index in [1.54, 1.807) is 6.92 Å². The summed E-state index contributed by atoms with van der Waals surface area (Å²) >= 11 is 0. The van der Waals surface area contributed by atoms with Crippen LogP contribution in [-0.4, -0.2) is 20.3 Å². The molecule has 3 N–H and O–H groups in total. The zero-order valence-corrected chi connectivity index (χ0v) is 8.10. The van der Waals surface area contributed by atoms with Gasteiger partial charge in [-0.2, -0.15) is 4.98 Å². The summed E-state index contributed by atoms with van der Waals surface area (Å²) in [5.41, 5.74) is 5.31. The van der Waals surface area contributed by atoms with E-state index in [0.717, 1.165) is 0 Å². The Bertz CT molecular complexity index is 436. The van der Waals surface area contributed by atoms with E-state index < -0.39 is 0 Å². The van der Waals surface area contributed by atoms with Gasteiger partial charge in [0, 0.05) is 0 Å². The quantitative estimate of drug-likeness (QED) is 0.714. The van der Waals surface area contributed by atoms with Crippen molar-refractivity contribution in [3.63, 3.8) is 0 Å². The highest BCUT2D eigenvalue weighted by atomic mass is 16.5. The molecule has 0 unspecified atom stereocenters. The van der Waals surface area contributed by atoms with Crippen LogP contribution in [0, 0.1) is 6.92 Å². The maximum atomic E-state index is 5.31. The van der Waals surface area contributed by atoms with Crippen molar-refractivity contribution in [3.8, 4) is 0 Å². The first kappa shape index (κ1) is 9.59. The number of aromatic nitrogens is 4. The van der Waals surface area contributed by atoms with E-state index >= 15 is 0 Å². The lowest BCUT2D eigenvalue weighted by Crippen LogP contribution is -1.99. The molecule has 2 aromatic heterocycles. The number of nitrogens with zero attached hydrogens (tertiary/aromatic N) is 4. The van der Waals surface area contributed by atoms with Crippen LogP contribution in [0.15, 0.2) is 8.94 Å². The molecule has 0 radical (unpaired) electrons. The number of nitrogens with one attached hydrogen (secondary N) is 1. The first-order valence-corrected chi connectivity index (χ1v) is 4.33. The Balaban J connectivity index is 1.93. The molecule has 0 aliphatic heterocycles. The van der Waals surface area contributed by atoms with Crippen LogP contribution < -0.4 is 11.1 Å². The van der Waals surface area contributed by atoms with E-state index in [1.807, 2.05) is 0 Å². The third-order valence-electron chi connectivity index (χ3n) is 1.60. The predicted molar refractivity (Wildman–Crippen MR) is 48.6 cm³/mol. The number of nitrogens with two attached hydrogens (primary N) is 1. The van der Waals surface area contributed by atoms with E-state index in [2.05, 4.69) is 25.7 Å². The van der Waals surface area contributed by atoms with Gasteiger partial charge in [0.2, 0.25) is 11.8 Å². The van der Waals surface area contributed by atoms with Gasteiger partial charge in [-0.25, -0.2) is 0 Å². The summed E-state index contributed by atoms with van der Waals surface area (Å²) in [7, 11) is 0. The molecule has 0 saturated heterocycles. The zero-order chi connectivity index (χ0) is 10.7. The molecule has 0 saturated carbocycles. The van der Waals surface area contributed by atoms with Crippen LogP contribution in [0.5, 0.6) is 0 Å². The molecule has 0 aliphatic carbocycles. The van der Waals surface area contributed by atoms with Gasteiger partial charge in [-0.15, -0.1) is 5.10 Å². The monoisotopic (exact) mass is 210 g/mol. The lowest BCUT2D eigenvalue weighted by molar-refractivity contribution is 0.378. The number of hydrogen-bond acceptors (Lipinski definition) is 8. The summed E-state index contributed by atoms with van der Waals surface area (Å²) in [5.74, 6) is 1.42. The SMILES string of the molecule is Cc1noc(CNc2nnc(CN)o2)n1. The topological polar surface area (TPSA) is 116 Å². The molecule has 2 heterocycles. The Morgan fingerprint density at radius 2 is 2.20 bits per heavy atom. The van der Waals surface area contributed by atoms with Crippen molar-refractivity contribution in [2.24, 2.45) is 5.73 Å². The summed E-state index contributed by atoms with van der Waals surface area (Å²) in [6, 6.07) is 0.284. The zero-order valence-electron chi connectivity index (χ0n) is 8.10. The Labute approximate surface area is 84.9 Å². The Morgan fingerprint density at radius 3 is 2.80 bits per heavy atom. The highest BCUT2D eigenvalue weighted by Gasteiger charge is 2.06. The van der Waals surface area contributed by atoms with Gasteiger partial charge in [0.05, 0.1) is 13.1 Å². The van der Waals surface area contributed by atoms with Crippen molar-refractivity contribution in [2.45, 2.75) is 20.0 Å². The molecule has 0 aliphatic rings. The van der Waals surface area contributed by atoms with E-state index in [1.165, 1.54) is 0 Å². The highest BCUT2D eigenvalue weighted by Crippen LogP contribution is 2.06. The molecule has 2 aromatic rings. The Kier molecular flexibility index (Phi) is 2.59. The normalized spacial score (nSPS) is 10.5. The maximum absolute atomic E-state index is 5.31. The second-order valence-electron chi connectivity index (χ2n) is 2.79. The summed E-state index contributed by atoms with van der Waals surface area (Å²) < 4.78 is 9.99. The van der Waals surface area contributed by atoms with E-state index in [0.29, 0.717) is 24.2 Å². The molecule has 0 atom stereocenters. The molecule has 0 fully saturated rings. The molecule has 80 valence electrons. The molecule has 8 heteroatoms. The number of anilines is 1. The van der Waals surface area contributed by atoms with E-state index in [4.69, 9.17) is 14.7 Å². The second-order valence-corrected chi connectivity index (χ2v) is 2.79. The Morgan fingerprint density at radius 1 is 1.33 bits per heavy atom. The average molecular weight is 210 g/mol. The fraction of sp³-hybridized carbons (Fsp3) is 0.429. The minimum atomic E-state index is 0.217. The van der Waals surface area contributed by atoms with Crippen LogP contribution >= 0.6 is 0 Å². The fourth-order valence-electron chi connectivity index (χ4n) is 0.971. The third kappa shape index (κ3) is 2.29. The van der Waals surface area contributed by atoms with Crippen molar-refractivity contribution >= 4 is 6.01 Å². The smallest absolute Gasteiger partial charge is 0.315 e. The number of rotatable bonds is 4. The molecule has 0 spiro atoms. The first-order valence-electron chi connectivity index (χ1n) is 4.33. The van der Waals surface area contributed by atoms with Crippen molar-refractivity contribution in [1.29, 1.82) is 0 Å². The molecule has 15 heavy (non-hydrogen) atoms. The summed E-state index contributed by atoms with van der Waals surface area (Å²) in [6.07, 6.45) is 0. The fourth-order valence-corrected chi connectivity index (χ4v) is 0.971. The number of hydrogen-bond donors (Lipinski definition) is 2. The van der Waals surface area contributed by atoms with Crippen LogP contribution in [0.4, 0.5) is 6.01 Å². The lowest BCUT2D eigenvalue weighted by atomic mass is 10.6. The molecule has 0 bridgehead atoms. The van der Waals surface area contributed by atoms with Crippen LogP contribution in [0.1, 0.15) is 17.6 Å². The third-order valence-corrected chi connectivity index (χ3v) is 1.60. The van der Waals surface area contributed by atoms with Crippen molar-refractivity contribution < 1.29 is 8.94 Å². The molecule has 0 amide bonds. The van der Waals surface area contributed by atoms with Gasteiger partial charge in [-0.1, -0.05) is 10.3 Å². The molecule has 8 nitrogen and oxygen atoms in total. The molecular weight excluding hydrogens is 200 g/mol. The standard InChI is InChI=1S/C7H10N6O2/c1-4-10-6(15-13-4)3-9-7-12-11-5(2-8)14-7/h2-3,8H2,1H3,(H,9,12). The summed E-state index contributed by atoms with van der Waals surface area (Å²) in [4.78, 5) is 4.00. The molecular formula is C7H10N6O2. The highest BCUT2D eigenvalue weighted by molar-refractivity contribution is 5.17. The van der Waals surface area contributed by atoms with Crippen LogP contribution in [0.2, 0.25) is 0 Å². The van der Waals surface area contributed by atoms with Crippen LogP contribution in [-0.2, 0) is 13.1 Å². The second kappa shape index (κ2) is 4.05. The van der Waals surface area contributed by atoms with Gasteiger partial charge >= 0.3 is 6.01 Å². The van der Waals surface area contributed by atoms with Gasteiger partial charge in [-0.05, 0) is 6.92 Å². The average Bonchev–Trinajstić information content (AvgIpc) is 2.83. The predicted octanol–water partition coefficient (Wildman–Crippen LogP) is -0.168. The van der Waals surface area contributed by atoms with E-state index in [-0.39, 0.29) is 12.6 Å². The van der Waals surface area contributed by atoms with E-state index in [9.17, 15) is 0 Å². The van der Waals surface area contributed by atoms with Gasteiger partial charge in [0.25, 0.3) is 0 Å². The van der Waals surface area contributed by atoms with Crippen molar-refractivity contribution in [1.82, 2.24) is 20.3 Å². The van der Waals surface area contributed by atoms with Gasteiger partial charge in [-0.3, -0.25) is 0 Å². The molecule has 0 aromatic carbocycles. The minimum absolute atomic E-state index is 0.217. The Hall–Kier alpha value is -1.96. The van der Waals surface area contributed by atoms with Crippen molar-refractivity contribution in [2.75, 3.05) is 5.32 Å². The summed E-state index contributed by atoms with van der Waals surface area (Å²) in [5, 5.41) is 13.9. The maximum Gasteiger partial charge on any atom is 0.315 e. The van der Waals surface area contributed by atoms with Gasteiger partial charge in [0.1, 0.15) is 0 Å². The van der Waals surface area contributed by atoms with Crippen LogP contribution in [0.3, 0.4) is 0 Å². The molecule has 2 rings (SSSR count). The van der Waals surface area contributed by atoms with Gasteiger partial charge in [0.15, 0.2) is 5.82 Å². The first-order chi connectivity index (χ1) is 7.28. The largest absolute Gasteiger partial charge is 0.407 e. The van der Waals surface area contributed by atoms with Crippen LogP contribution in [0.25, 0.3) is 0 Å².